The number of rotatable bonds is 9. The van der Waals surface area contributed by atoms with Gasteiger partial charge in [0.25, 0.3) is 0 Å². The molecule has 1 amide bonds. The maximum Gasteiger partial charge on any atom is 0.407 e. The van der Waals surface area contributed by atoms with E-state index >= 15 is 0 Å². The number of aliphatic hydroxyl groups excluding tert-OH is 3. The Morgan fingerprint density at radius 1 is 1.04 bits per heavy atom. The number of nitrogens with one attached hydrogen (secondary N) is 1. The quantitative estimate of drug-likeness (QED) is 0.506. The number of carbonyl (C=O) groups is 1. The summed E-state index contributed by atoms with van der Waals surface area (Å²) in [5, 5.41) is 33.4. The first-order valence-electron chi connectivity index (χ1n) is 9.26. The van der Waals surface area contributed by atoms with Gasteiger partial charge in [0.2, 0.25) is 0 Å². The summed E-state index contributed by atoms with van der Waals surface area (Å²) in [6.07, 6.45) is -1.86. The molecule has 4 N–H and O–H groups in total. The van der Waals surface area contributed by atoms with Crippen molar-refractivity contribution in [3.63, 3.8) is 0 Å². The van der Waals surface area contributed by atoms with Crippen LogP contribution in [-0.2, 0) is 4.74 Å². The van der Waals surface area contributed by atoms with Gasteiger partial charge in [-0.2, -0.15) is 0 Å². The van der Waals surface area contributed by atoms with Crippen LogP contribution in [0.3, 0.4) is 0 Å². The third-order valence-corrected chi connectivity index (χ3v) is 4.61. The van der Waals surface area contributed by atoms with Crippen molar-refractivity contribution in [3.05, 3.63) is 0 Å². The van der Waals surface area contributed by atoms with Crippen molar-refractivity contribution in [3.8, 4) is 0 Å². The van der Waals surface area contributed by atoms with Crippen LogP contribution in [0, 0.1) is 23.7 Å². The minimum Gasteiger partial charge on any atom is -0.444 e. The monoisotopic (exact) mass is 361 g/mol. The van der Waals surface area contributed by atoms with Crippen LogP contribution in [0.4, 0.5) is 4.79 Å². The third kappa shape index (κ3) is 8.88. The molecule has 0 radical (unpaired) electrons. The molecule has 5 atom stereocenters. The van der Waals surface area contributed by atoms with Crippen molar-refractivity contribution in [1.29, 1.82) is 0 Å². The lowest BCUT2D eigenvalue weighted by molar-refractivity contribution is -0.00845. The predicted molar refractivity (Wildman–Crippen MR) is 99.2 cm³/mol. The fourth-order valence-electron chi connectivity index (χ4n) is 2.86. The molecule has 0 heterocycles. The fourth-order valence-corrected chi connectivity index (χ4v) is 2.86. The molecule has 0 aromatic rings. The van der Waals surface area contributed by atoms with Crippen molar-refractivity contribution in [2.75, 3.05) is 6.61 Å². The number of hydrogen-bond donors (Lipinski definition) is 4. The lowest BCUT2D eigenvalue weighted by Gasteiger charge is -2.36. The number of carbonyl (C=O) groups excluding carboxylic acids is 1. The van der Waals surface area contributed by atoms with Gasteiger partial charge in [0, 0.05) is 12.5 Å². The molecule has 0 bridgehead atoms. The van der Waals surface area contributed by atoms with Gasteiger partial charge in [0.1, 0.15) is 5.60 Å². The van der Waals surface area contributed by atoms with Crippen LogP contribution < -0.4 is 5.32 Å². The molecular formula is C19H39NO5. The van der Waals surface area contributed by atoms with Crippen LogP contribution in [-0.4, -0.2) is 51.9 Å². The molecule has 0 fully saturated rings. The van der Waals surface area contributed by atoms with Gasteiger partial charge >= 0.3 is 6.09 Å². The minimum atomic E-state index is -0.893. The van der Waals surface area contributed by atoms with E-state index in [0.29, 0.717) is 6.42 Å². The highest BCUT2D eigenvalue weighted by atomic mass is 16.6. The van der Waals surface area contributed by atoms with E-state index < -0.39 is 29.9 Å². The molecule has 0 rings (SSSR count). The molecule has 25 heavy (non-hydrogen) atoms. The zero-order chi connectivity index (χ0) is 19.9. The Bertz CT molecular complexity index is 392. The number of hydrogen-bond acceptors (Lipinski definition) is 5. The molecule has 0 spiro atoms. The second kappa shape index (κ2) is 10.3. The molecule has 0 aromatic heterocycles. The Morgan fingerprint density at radius 3 is 1.92 bits per heavy atom. The van der Waals surface area contributed by atoms with Crippen LogP contribution in [0.1, 0.15) is 61.8 Å². The minimum absolute atomic E-state index is 0.0103. The third-order valence-electron chi connectivity index (χ3n) is 4.61. The van der Waals surface area contributed by atoms with Crippen LogP contribution in [0.25, 0.3) is 0 Å². The molecule has 6 nitrogen and oxygen atoms in total. The van der Waals surface area contributed by atoms with Crippen molar-refractivity contribution >= 4 is 6.09 Å². The molecular weight excluding hydrogens is 322 g/mol. The lowest BCUT2D eigenvalue weighted by atomic mass is 9.81. The van der Waals surface area contributed by atoms with E-state index in [1.807, 2.05) is 27.7 Å². The van der Waals surface area contributed by atoms with E-state index in [-0.39, 0.29) is 30.3 Å². The zero-order valence-corrected chi connectivity index (χ0v) is 17.1. The molecule has 1 unspecified atom stereocenters. The maximum atomic E-state index is 12.2. The molecule has 0 aliphatic heterocycles. The van der Waals surface area contributed by atoms with E-state index in [9.17, 15) is 20.1 Å². The highest BCUT2D eigenvalue weighted by molar-refractivity contribution is 5.68. The molecule has 0 aromatic carbocycles. The number of alkyl carbamates (subject to hydrolysis) is 1. The highest BCUT2D eigenvalue weighted by Gasteiger charge is 2.35. The second-order valence-electron chi connectivity index (χ2n) is 8.76. The average Bonchev–Trinajstić information content (AvgIpc) is 2.46. The molecule has 0 aliphatic carbocycles. The maximum absolute atomic E-state index is 12.2. The van der Waals surface area contributed by atoms with Gasteiger partial charge in [-0.15, -0.1) is 0 Å². The van der Waals surface area contributed by atoms with Crippen molar-refractivity contribution < 1.29 is 24.9 Å². The van der Waals surface area contributed by atoms with Gasteiger partial charge in [-0.25, -0.2) is 4.79 Å². The van der Waals surface area contributed by atoms with E-state index in [2.05, 4.69) is 5.32 Å². The van der Waals surface area contributed by atoms with E-state index in [1.165, 1.54) is 0 Å². The second-order valence-corrected chi connectivity index (χ2v) is 8.76. The van der Waals surface area contributed by atoms with E-state index in [0.717, 1.165) is 0 Å². The predicted octanol–water partition coefficient (Wildman–Crippen LogP) is 2.55. The fraction of sp³-hybridized carbons (Fsp3) is 0.947. The van der Waals surface area contributed by atoms with Gasteiger partial charge in [-0.1, -0.05) is 34.6 Å². The summed E-state index contributed by atoms with van der Waals surface area (Å²) in [7, 11) is 0. The Hall–Kier alpha value is -0.850. The van der Waals surface area contributed by atoms with Crippen molar-refractivity contribution in [2.24, 2.45) is 23.7 Å². The molecule has 150 valence electrons. The van der Waals surface area contributed by atoms with Crippen LogP contribution in [0.15, 0.2) is 0 Å². The SMILES string of the molecule is CC(C)C(O)[C@@H](C)[C@H](NC(=O)OC(C)(C)C)[C@@H](O)C[C@H](CO)C(C)C. The normalized spacial score (nSPS) is 18.6. The Kier molecular flexibility index (Phi) is 9.98. The standard InChI is InChI=1S/C19H39NO5/c1-11(2)14(10-21)9-15(22)16(13(5)17(23)12(3)4)20-18(24)25-19(6,7)8/h11-17,21-23H,9-10H2,1-8H3,(H,20,24)/t13-,14+,15-,16-,17?/m0/s1. The Balaban J connectivity index is 5.27. The van der Waals surface area contributed by atoms with Gasteiger partial charge in [0.15, 0.2) is 0 Å². The highest BCUT2D eigenvalue weighted by Crippen LogP contribution is 2.24. The largest absolute Gasteiger partial charge is 0.444 e. The summed E-state index contributed by atoms with van der Waals surface area (Å²) in [6.45, 7) is 14.8. The lowest BCUT2D eigenvalue weighted by Crippen LogP contribution is -2.53. The van der Waals surface area contributed by atoms with E-state index in [4.69, 9.17) is 4.74 Å². The summed E-state index contributed by atoms with van der Waals surface area (Å²) in [5.74, 6) is -0.258. The molecule has 0 saturated carbocycles. The van der Waals surface area contributed by atoms with Gasteiger partial charge in [-0.3, -0.25) is 0 Å². The first-order chi connectivity index (χ1) is 11.3. The number of aliphatic hydroxyl groups is 3. The topological polar surface area (TPSA) is 99.0 Å². The van der Waals surface area contributed by atoms with Crippen LogP contribution >= 0.6 is 0 Å². The Labute approximate surface area is 153 Å². The first kappa shape index (κ1) is 24.1. The molecule has 0 saturated heterocycles. The van der Waals surface area contributed by atoms with Crippen LogP contribution in [0.2, 0.25) is 0 Å². The van der Waals surface area contributed by atoms with Gasteiger partial charge in [-0.05, 0) is 44.9 Å². The van der Waals surface area contributed by atoms with Gasteiger partial charge < -0.3 is 25.4 Å². The summed E-state index contributed by atoms with van der Waals surface area (Å²) >= 11 is 0. The summed E-state index contributed by atoms with van der Waals surface area (Å²) in [6, 6.07) is -0.667. The first-order valence-corrected chi connectivity index (χ1v) is 9.26. The summed E-state index contributed by atoms with van der Waals surface area (Å²) in [4.78, 5) is 12.2. The van der Waals surface area contributed by atoms with E-state index in [1.54, 1.807) is 27.7 Å². The van der Waals surface area contributed by atoms with Crippen molar-refractivity contribution in [1.82, 2.24) is 5.32 Å². The zero-order valence-electron chi connectivity index (χ0n) is 17.1. The number of amides is 1. The van der Waals surface area contributed by atoms with Crippen molar-refractivity contribution in [2.45, 2.75) is 85.7 Å². The molecule has 0 aliphatic rings. The smallest absolute Gasteiger partial charge is 0.407 e. The van der Waals surface area contributed by atoms with Gasteiger partial charge in [0.05, 0.1) is 18.2 Å². The summed E-state index contributed by atoms with van der Waals surface area (Å²) in [5.41, 5.74) is -0.648. The Morgan fingerprint density at radius 2 is 1.56 bits per heavy atom. The number of ether oxygens (including phenoxy) is 1. The van der Waals surface area contributed by atoms with Crippen LogP contribution in [0.5, 0.6) is 0 Å². The summed E-state index contributed by atoms with van der Waals surface area (Å²) < 4.78 is 5.30. The average molecular weight is 362 g/mol. The molecule has 6 heteroatoms.